The fourth-order valence-electron chi connectivity index (χ4n) is 3.06. The Morgan fingerprint density at radius 2 is 1.81 bits per heavy atom. The monoisotopic (exact) mass is 394 g/mol. The molecule has 144 valence electrons. The van der Waals surface area contributed by atoms with Crippen LogP contribution < -0.4 is 5.32 Å². The van der Waals surface area contributed by atoms with Gasteiger partial charge in [-0.1, -0.05) is 42.0 Å². The fraction of sp³-hybridized carbons (Fsp3) is 0.316. The van der Waals surface area contributed by atoms with Gasteiger partial charge in [-0.2, -0.15) is 8.78 Å². The molecule has 1 aliphatic heterocycles. The molecule has 5 nitrogen and oxygen atoms in total. The van der Waals surface area contributed by atoms with Crippen LogP contribution in [0.15, 0.2) is 53.4 Å². The minimum absolute atomic E-state index is 0.0216. The van der Waals surface area contributed by atoms with E-state index in [2.05, 4.69) is 5.32 Å². The molecule has 1 heterocycles. The fourth-order valence-corrected chi connectivity index (χ4v) is 3.96. The molecule has 0 saturated carbocycles. The summed E-state index contributed by atoms with van der Waals surface area (Å²) in [5, 5.41) is 2.84. The molecule has 0 spiro atoms. The van der Waals surface area contributed by atoms with Gasteiger partial charge in [-0.15, -0.1) is 0 Å². The lowest BCUT2D eigenvalue weighted by molar-refractivity contribution is -0.128. The number of sulfone groups is 1. The number of nitrogens with zero attached hydrogens (tertiary/aromatic N) is 1. The lowest BCUT2D eigenvalue weighted by Crippen LogP contribution is -2.33. The van der Waals surface area contributed by atoms with E-state index in [0.717, 1.165) is 17.2 Å². The zero-order valence-electron chi connectivity index (χ0n) is 14.7. The van der Waals surface area contributed by atoms with E-state index in [1.54, 1.807) is 4.90 Å². The summed E-state index contributed by atoms with van der Waals surface area (Å²) in [5.74, 6) is -3.70. The Balaban J connectivity index is 1.74. The minimum atomic E-state index is -4.75. The first-order chi connectivity index (χ1) is 12.8. The molecule has 27 heavy (non-hydrogen) atoms. The zero-order valence-corrected chi connectivity index (χ0v) is 15.5. The van der Waals surface area contributed by atoms with Gasteiger partial charge in [0.2, 0.25) is 15.7 Å². The van der Waals surface area contributed by atoms with Crippen molar-refractivity contribution in [3.05, 3.63) is 59.7 Å². The van der Waals surface area contributed by atoms with E-state index in [1.165, 1.54) is 18.2 Å². The lowest BCUT2D eigenvalue weighted by Gasteiger charge is -2.19. The number of nitrogens with one attached hydrogen (secondary N) is 1. The Hall–Kier alpha value is -2.48. The standard InChI is InChI=1S/C19H20F2N2O3S/c1-13-6-8-14(9-7-13)12-23-11-10-16(18(23)24)22-15-4-2-3-5-17(15)27(25,26)19(20)21/h2-9,16,19,22H,10-12H2,1H3. The van der Waals surface area contributed by atoms with Crippen molar-refractivity contribution in [2.75, 3.05) is 11.9 Å². The van der Waals surface area contributed by atoms with Crippen molar-refractivity contribution >= 4 is 21.4 Å². The molecule has 0 aliphatic carbocycles. The molecule has 2 aromatic carbocycles. The Kier molecular flexibility index (Phi) is 5.46. The van der Waals surface area contributed by atoms with E-state index in [4.69, 9.17) is 0 Å². The molecule has 1 unspecified atom stereocenters. The molecule has 0 radical (unpaired) electrons. The summed E-state index contributed by atoms with van der Waals surface area (Å²) in [6.07, 6.45) is 0.466. The van der Waals surface area contributed by atoms with Crippen LogP contribution in [0.4, 0.5) is 14.5 Å². The average molecular weight is 394 g/mol. The van der Waals surface area contributed by atoms with Gasteiger partial charge in [-0.05, 0) is 31.0 Å². The number of hydrogen-bond acceptors (Lipinski definition) is 4. The maximum absolute atomic E-state index is 12.9. The summed E-state index contributed by atoms with van der Waals surface area (Å²) in [4.78, 5) is 13.8. The van der Waals surface area contributed by atoms with Crippen molar-refractivity contribution in [2.45, 2.75) is 36.6 Å². The van der Waals surface area contributed by atoms with Gasteiger partial charge in [0, 0.05) is 13.1 Å². The predicted molar refractivity (Wildman–Crippen MR) is 98.3 cm³/mol. The highest BCUT2D eigenvalue weighted by Crippen LogP contribution is 2.28. The number of likely N-dealkylation sites (tertiary alicyclic amines) is 1. The van der Waals surface area contributed by atoms with Crippen LogP contribution in [-0.4, -0.2) is 37.6 Å². The lowest BCUT2D eigenvalue weighted by atomic mass is 10.1. The Morgan fingerprint density at radius 1 is 1.15 bits per heavy atom. The molecule has 1 amide bonds. The van der Waals surface area contributed by atoms with Crippen molar-refractivity contribution in [1.29, 1.82) is 0 Å². The summed E-state index contributed by atoms with van der Waals surface area (Å²) < 4.78 is 49.5. The summed E-state index contributed by atoms with van der Waals surface area (Å²) in [6.45, 7) is 2.94. The van der Waals surface area contributed by atoms with Gasteiger partial charge < -0.3 is 10.2 Å². The predicted octanol–water partition coefficient (Wildman–Crippen LogP) is 3.20. The van der Waals surface area contributed by atoms with E-state index in [9.17, 15) is 22.0 Å². The van der Waals surface area contributed by atoms with Crippen LogP contribution >= 0.6 is 0 Å². The van der Waals surface area contributed by atoms with Crippen molar-refractivity contribution in [3.63, 3.8) is 0 Å². The number of halogens is 2. The third-order valence-corrected chi connectivity index (χ3v) is 5.99. The second-order valence-electron chi connectivity index (χ2n) is 6.53. The first kappa shape index (κ1) is 19.3. The molecule has 0 bridgehead atoms. The summed E-state index contributed by atoms with van der Waals surface area (Å²) in [7, 11) is -4.75. The van der Waals surface area contributed by atoms with Crippen LogP contribution in [0.3, 0.4) is 0 Å². The molecule has 2 aromatic rings. The largest absolute Gasteiger partial charge is 0.373 e. The molecule has 1 saturated heterocycles. The van der Waals surface area contributed by atoms with Crippen LogP contribution in [0.2, 0.25) is 0 Å². The normalized spacial score (nSPS) is 17.6. The minimum Gasteiger partial charge on any atom is -0.373 e. The van der Waals surface area contributed by atoms with Gasteiger partial charge in [-0.25, -0.2) is 8.42 Å². The number of anilines is 1. The highest BCUT2D eigenvalue weighted by atomic mass is 32.2. The van der Waals surface area contributed by atoms with E-state index < -0.39 is 26.5 Å². The van der Waals surface area contributed by atoms with Crippen LogP contribution in [0.1, 0.15) is 17.5 Å². The van der Waals surface area contributed by atoms with E-state index in [1.807, 2.05) is 31.2 Å². The molecular formula is C19H20F2N2O3S. The van der Waals surface area contributed by atoms with Crippen molar-refractivity contribution in [2.24, 2.45) is 0 Å². The Labute approximate surface area is 156 Å². The summed E-state index contributed by atoms with van der Waals surface area (Å²) in [6, 6.07) is 12.6. The number of rotatable bonds is 6. The molecule has 1 fully saturated rings. The maximum Gasteiger partial charge on any atom is 0.341 e. The van der Waals surface area contributed by atoms with Crippen molar-refractivity contribution < 1.29 is 22.0 Å². The van der Waals surface area contributed by atoms with Gasteiger partial charge in [0.1, 0.15) is 6.04 Å². The van der Waals surface area contributed by atoms with E-state index in [0.29, 0.717) is 19.5 Å². The van der Waals surface area contributed by atoms with Gasteiger partial charge in [0.25, 0.3) is 0 Å². The summed E-state index contributed by atoms with van der Waals surface area (Å²) >= 11 is 0. The number of para-hydroxylation sites is 1. The SMILES string of the molecule is Cc1ccc(CN2CCC(Nc3ccccc3S(=O)(=O)C(F)F)C2=O)cc1. The number of alkyl halides is 2. The number of carbonyl (C=O) groups is 1. The number of amides is 1. The van der Waals surface area contributed by atoms with Crippen LogP contribution in [0, 0.1) is 6.92 Å². The Morgan fingerprint density at radius 3 is 2.48 bits per heavy atom. The highest BCUT2D eigenvalue weighted by Gasteiger charge is 2.34. The number of hydrogen-bond donors (Lipinski definition) is 1. The summed E-state index contributed by atoms with van der Waals surface area (Å²) in [5.41, 5.74) is 2.14. The quantitative estimate of drug-likeness (QED) is 0.817. The first-order valence-electron chi connectivity index (χ1n) is 8.51. The second kappa shape index (κ2) is 7.64. The molecule has 3 rings (SSSR count). The molecule has 1 N–H and O–H groups in total. The third kappa shape index (κ3) is 4.10. The van der Waals surface area contributed by atoms with E-state index >= 15 is 0 Å². The second-order valence-corrected chi connectivity index (χ2v) is 8.42. The van der Waals surface area contributed by atoms with Gasteiger partial charge in [0.15, 0.2) is 0 Å². The van der Waals surface area contributed by atoms with Crippen LogP contribution in [0.25, 0.3) is 0 Å². The smallest absolute Gasteiger partial charge is 0.341 e. The average Bonchev–Trinajstić information content (AvgIpc) is 2.97. The Bertz CT molecular complexity index is 930. The third-order valence-electron chi connectivity index (χ3n) is 4.55. The molecule has 8 heteroatoms. The number of benzene rings is 2. The topological polar surface area (TPSA) is 66.5 Å². The van der Waals surface area contributed by atoms with Gasteiger partial charge in [-0.3, -0.25) is 4.79 Å². The van der Waals surface area contributed by atoms with Crippen molar-refractivity contribution in [3.8, 4) is 0 Å². The van der Waals surface area contributed by atoms with Crippen molar-refractivity contribution in [1.82, 2.24) is 4.90 Å². The molecule has 0 aromatic heterocycles. The van der Waals surface area contributed by atoms with Gasteiger partial charge >= 0.3 is 5.76 Å². The molecule has 1 atom stereocenters. The number of aryl methyl sites for hydroxylation is 1. The first-order valence-corrected chi connectivity index (χ1v) is 10.1. The molecular weight excluding hydrogens is 374 g/mol. The van der Waals surface area contributed by atoms with E-state index in [-0.39, 0.29) is 11.6 Å². The zero-order chi connectivity index (χ0) is 19.6. The van der Waals surface area contributed by atoms with Gasteiger partial charge in [0.05, 0.1) is 10.6 Å². The molecule has 1 aliphatic rings. The number of carbonyl (C=O) groups excluding carboxylic acids is 1. The van der Waals surface area contributed by atoms with Crippen LogP contribution in [0.5, 0.6) is 0 Å². The van der Waals surface area contributed by atoms with Crippen LogP contribution in [-0.2, 0) is 21.2 Å². The maximum atomic E-state index is 12.9. The highest BCUT2D eigenvalue weighted by molar-refractivity contribution is 7.91.